The van der Waals surface area contributed by atoms with E-state index < -0.39 is 5.92 Å². The summed E-state index contributed by atoms with van der Waals surface area (Å²) in [6, 6.07) is 20.3. The van der Waals surface area contributed by atoms with Gasteiger partial charge >= 0.3 is 0 Å². The van der Waals surface area contributed by atoms with Crippen molar-refractivity contribution in [1.82, 2.24) is 4.90 Å². The van der Waals surface area contributed by atoms with Crippen molar-refractivity contribution in [2.24, 2.45) is 0 Å². The lowest BCUT2D eigenvalue weighted by atomic mass is 9.71. The van der Waals surface area contributed by atoms with Crippen LogP contribution in [0.4, 0.5) is 4.39 Å². The van der Waals surface area contributed by atoms with Crippen LogP contribution in [0.2, 0.25) is 5.02 Å². The van der Waals surface area contributed by atoms with Gasteiger partial charge in [-0.1, -0.05) is 60.1 Å². The topological polar surface area (TPSA) is 55.8 Å². The number of allylic oxidation sites excluding steroid dienone is 4. The second kappa shape index (κ2) is 12.1. The molecular formula is C35H33ClFNO4. The van der Waals surface area contributed by atoms with E-state index >= 15 is 0 Å². The first-order chi connectivity index (χ1) is 20.5. The Balaban J connectivity index is 1.41. The number of hydrogen-bond acceptors (Lipinski definition) is 5. The molecule has 0 radical (unpaired) electrons. The molecule has 0 unspecified atom stereocenters. The maximum atomic E-state index is 14.2. The van der Waals surface area contributed by atoms with Gasteiger partial charge in [0.05, 0.1) is 12.1 Å². The van der Waals surface area contributed by atoms with Crippen LogP contribution >= 0.6 is 11.6 Å². The SMILES string of the molecule is COc1cc(C2C3=C(CCCC3=O)N(CCc3ccccc3)C3=C2C(=O)CCC3)cc(Cl)c1OCc1ccccc1F. The molecule has 0 atom stereocenters. The molecule has 3 aliphatic rings. The van der Waals surface area contributed by atoms with Crippen molar-refractivity contribution >= 4 is 23.2 Å². The molecule has 0 fully saturated rings. The zero-order valence-corrected chi connectivity index (χ0v) is 24.4. The number of nitrogens with zero attached hydrogens (tertiary/aromatic N) is 1. The van der Waals surface area contributed by atoms with Crippen molar-refractivity contribution in [3.05, 3.63) is 117 Å². The molecule has 1 aliphatic heterocycles. The summed E-state index contributed by atoms with van der Waals surface area (Å²) in [5.41, 5.74) is 5.78. The van der Waals surface area contributed by atoms with Gasteiger partial charge in [-0.05, 0) is 61.4 Å². The van der Waals surface area contributed by atoms with Crippen LogP contribution in [-0.4, -0.2) is 30.1 Å². The minimum atomic E-state index is -0.518. The molecule has 0 spiro atoms. The predicted octanol–water partition coefficient (Wildman–Crippen LogP) is 7.72. The molecule has 42 heavy (non-hydrogen) atoms. The highest BCUT2D eigenvalue weighted by molar-refractivity contribution is 6.32. The van der Waals surface area contributed by atoms with E-state index in [1.54, 1.807) is 24.3 Å². The van der Waals surface area contributed by atoms with Gasteiger partial charge in [0.1, 0.15) is 12.4 Å². The molecule has 0 N–H and O–H groups in total. The summed E-state index contributed by atoms with van der Waals surface area (Å²) in [5.74, 6) is -0.0722. The van der Waals surface area contributed by atoms with Gasteiger partial charge in [0.2, 0.25) is 0 Å². The lowest BCUT2D eigenvalue weighted by Gasteiger charge is -2.44. The molecule has 0 amide bonds. The van der Waals surface area contributed by atoms with Crippen LogP contribution in [0.25, 0.3) is 0 Å². The smallest absolute Gasteiger partial charge is 0.180 e. The first-order valence-electron chi connectivity index (χ1n) is 14.5. The van der Waals surface area contributed by atoms with E-state index in [4.69, 9.17) is 21.1 Å². The number of ketones is 2. The Morgan fingerprint density at radius 3 is 2.17 bits per heavy atom. The number of benzene rings is 3. The molecule has 3 aromatic rings. The molecule has 0 aromatic heterocycles. The van der Waals surface area contributed by atoms with Gasteiger partial charge in [-0.25, -0.2) is 4.39 Å². The van der Waals surface area contributed by atoms with Crippen LogP contribution in [0, 0.1) is 5.82 Å². The molecule has 0 saturated heterocycles. The fraction of sp³-hybridized carbons (Fsp3) is 0.314. The Labute approximate surface area is 250 Å². The number of methoxy groups -OCH3 is 1. The van der Waals surface area contributed by atoms with Crippen molar-refractivity contribution in [1.29, 1.82) is 0 Å². The Kier molecular flexibility index (Phi) is 8.16. The Morgan fingerprint density at radius 2 is 1.52 bits per heavy atom. The number of hydrogen-bond donors (Lipinski definition) is 0. The molecule has 5 nitrogen and oxygen atoms in total. The number of carbonyl (C=O) groups excluding carboxylic acids is 2. The van der Waals surface area contributed by atoms with Crippen molar-refractivity contribution in [3.8, 4) is 11.5 Å². The van der Waals surface area contributed by atoms with Crippen LogP contribution in [0.15, 0.2) is 89.3 Å². The summed E-state index contributed by atoms with van der Waals surface area (Å²) in [6.07, 6.45) is 4.86. The Bertz CT molecular complexity index is 1550. The van der Waals surface area contributed by atoms with E-state index in [2.05, 4.69) is 17.0 Å². The molecule has 1 heterocycles. The number of rotatable bonds is 8. The quantitative estimate of drug-likeness (QED) is 0.271. The highest BCUT2D eigenvalue weighted by Crippen LogP contribution is 2.51. The molecular weight excluding hydrogens is 553 g/mol. The molecule has 0 bridgehead atoms. The minimum Gasteiger partial charge on any atom is -0.493 e. The predicted molar refractivity (Wildman–Crippen MR) is 160 cm³/mol. The molecule has 6 rings (SSSR count). The van der Waals surface area contributed by atoms with Gasteiger partial charge in [-0.15, -0.1) is 0 Å². The highest BCUT2D eigenvalue weighted by Gasteiger charge is 2.43. The average Bonchev–Trinajstić information content (AvgIpc) is 3.00. The van der Waals surface area contributed by atoms with Crippen LogP contribution in [0.3, 0.4) is 0 Å². The monoisotopic (exact) mass is 585 g/mol. The van der Waals surface area contributed by atoms with E-state index in [9.17, 15) is 14.0 Å². The summed E-state index contributed by atoms with van der Waals surface area (Å²) in [7, 11) is 1.52. The van der Waals surface area contributed by atoms with E-state index in [-0.39, 0.29) is 29.0 Å². The largest absolute Gasteiger partial charge is 0.493 e. The minimum absolute atomic E-state index is 0.0243. The summed E-state index contributed by atoms with van der Waals surface area (Å²) < 4.78 is 25.9. The zero-order valence-electron chi connectivity index (χ0n) is 23.6. The number of ether oxygens (including phenoxy) is 2. The Hall–Kier alpha value is -3.90. The van der Waals surface area contributed by atoms with Gasteiger partial charge in [0, 0.05) is 53.4 Å². The van der Waals surface area contributed by atoms with Gasteiger partial charge < -0.3 is 14.4 Å². The summed E-state index contributed by atoms with van der Waals surface area (Å²) in [5, 5.41) is 0.281. The van der Waals surface area contributed by atoms with Crippen molar-refractivity contribution in [2.45, 2.75) is 57.5 Å². The summed E-state index contributed by atoms with van der Waals surface area (Å²) in [4.78, 5) is 29.6. The second-order valence-electron chi connectivity index (χ2n) is 11.0. The third-order valence-corrected chi connectivity index (χ3v) is 8.75. The van der Waals surface area contributed by atoms with Crippen molar-refractivity contribution in [3.63, 3.8) is 0 Å². The normalized spacial score (nSPS) is 17.4. The Morgan fingerprint density at radius 1 is 0.881 bits per heavy atom. The van der Waals surface area contributed by atoms with Crippen molar-refractivity contribution in [2.75, 3.05) is 13.7 Å². The first kappa shape index (κ1) is 28.2. The number of carbonyl (C=O) groups is 2. The summed E-state index contributed by atoms with van der Waals surface area (Å²) in [6.45, 7) is 0.686. The second-order valence-corrected chi connectivity index (χ2v) is 11.4. The fourth-order valence-corrected chi connectivity index (χ4v) is 6.79. The maximum Gasteiger partial charge on any atom is 0.180 e. The zero-order chi connectivity index (χ0) is 29.2. The third-order valence-electron chi connectivity index (χ3n) is 8.47. The van der Waals surface area contributed by atoms with E-state index in [1.165, 1.54) is 18.7 Å². The van der Waals surface area contributed by atoms with Gasteiger partial charge in [0.25, 0.3) is 0 Å². The van der Waals surface area contributed by atoms with Gasteiger partial charge in [0.15, 0.2) is 23.1 Å². The third kappa shape index (κ3) is 5.36. The van der Waals surface area contributed by atoms with E-state index in [0.29, 0.717) is 47.6 Å². The number of Topliss-reactive ketones (excluding diaryl/α,β-unsaturated/α-hetero) is 2. The first-order valence-corrected chi connectivity index (χ1v) is 14.9. The van der Waals surface area contributed by atoms with E-state index in [0.717, 1.165) is 49.1 Å². The fourth-order valence-electron chi connectivity index (χ4n) is 6.52. The lowest BCUT2D eigenvalue weighted by molar-refractivity contribution is -0.117. The van der Waals surface area contributed by atoms with Crippen LogP contribution in [-0.2, 0) is 22.6 Å². The summed E-state index contributed by atoms with van der Waals surface area (Å²) >= 11 is 6.80. The van der Waals surface area contributed by atoms with Crippen LogP contribution < -0.4 is 9.47 Å². The van der Waals surface area contributed by atoms with Crippen molar-refractivity contribution < 1.29 is 23.5 Å². The van der Waals surface area contributed by atoms with E-state index in [1.807, 2.05) is 24.3 Å². The van der Waals surface area contributed by atoms with Crippen LogP contribution in [0.1, 0.15) is 61.1 Å². The molecule has 2 aliphatic carbocycles. The molecule has 0 saturated carbocycles. The average molecular weight is 586 g/mol. The standard InChI is InChI=1S/C35H33ClFNO4/c1-41-31-20-24(19-25(36)35(31)42-21-23-11-5-6-12-26(23)37)32-33-27(13-7-15-29(33)39)38(18-17-22-9-3-2-4-10-22)28-14-8-16-30(40)34(28)32/h2-6,9-12,19-20,32H,7-8,13-18,21H2,1H3. The molecule has 3 aromatic carbocycles. The maximum absolute atomic E-state index is 14.2. The van der Waals surface area contributed by atoms with Gasteiger partial charge in [-0.3, -0.25) is 9.59 Å². The highest BCUT2D eigenvalue weighted by atomic mass is 35.5. The molecule has 216 valence electrons. The van der Waals surface area contributed by atoms with Gasteiger partial charge in [-0.2, -0.15) is 0 Å². The number of halogens is 2. The molecule has 7 heteroatoms. The van der Waals surface area contributed by atoms with Crippen LogP contribution in [0.5, 0.6) is 11.5 Å². The lowest BCUT2D eigenvalue weighted by Crippen LogP contribution is -2.40.